The monoisotopic (exact) mass is 253 g/mol. The molecule has 3 rings (SSSR count). The van der Waals surface area contributed by atoms with Gasteiger partial charge in [-0.2, -0.15) is 5.10 Å². The number of hydrogen-bond donors (Lipinski definition) is 0. The van der Waals surface area contributed by atoms with Crippen molar-refractivity contribution in [3.63, 3.8) is 0 Å². The Bertz CT molecular complexity index is 697. The number of nitrogens with zero attached hydrogens (tertiary/aromatic N) is 3. The number of allylic oxidation sites excluding steroid dienone is 1. The van der Waals surface area contributed by atoms with E-state index in [0.717, 1.165) is 16.7 Å². The molecule has 2 aromatic rings. The van der Waals surface area contributed by atoms with E-state index in [1.165, 1.54) is 11.9 Å². The molecule has 1 aromatic heterocycles. The number of aromatic nitrogens is 3. The lowest BCUT2D eigenvalue weighted by molar-refractivity contribution is 0.103. The van der Waals surface area contributed by atoms with Gasteiger partial charge < -0.3 is 0 Å². The fourth-order valence-electron chi connectivity index (χ4n) is 2.42. The van der Waals surface area contributed by atoms with Crippen LogP contribution in [-0.4, -0.2) is 20.5 Å². The highest BCUT2D eigenvalue weighted by Gasteiger charge is 2.33. The summed E-state index contributed by atoms with van der Waals surface area (Å²) in [7, 11) is 0. The molecule has 0 saturated carbocycles. The number of benzene rings is 1. The molecule has 96 valence electrons. The van der Waals surface area contributed by atoms with Crippen LogP contribution in [0.4, 0.5) is 0 Å². The van der Waals surface area contributed by atoms with Crippen LogP contribution >= 0.6 is 0 Å². The average Bonchev–Trinajstić information content (AvgIpc) is 2.94. The standard InChI is InChI=1S/C15H15N3O/c1-9-4-5-10(2)12(6-9)7-13-11(3)18-15(14(13)19)16-8-17-18/h4-8,11H,1-3H3/b13-7-. The van der Waals surface area contributed by atoms with Crippen molar-refractivity contribution in [1.82, 2.24) is 14.8 Å². The van der Waals surface area contributed by atoms with Gasteiger partial charge in [-0.15, -0.1) is 0 Å². The van der Waals surface area contributed by atoms with Crippen molar-refractivity contribution < 1.29 is 4.79 Å². The third kappa shape index (κ3) is 1.80. The highest BCUT2D eigenvalue weighted by Crippen LogP contribution is 2.30. The molecule has 2 heterocycles. The second-order valence-corrected chi connectivity index (χ2v) is 4.99. The Morgan fingerprint density at radius 3 is 2.84 bits per heavy atom. The first-order valence-corrected chi connectivity index (χ1v) is 6.31. The van der Waals surface area contributed by atoms with E-state index in [1.807, 2.05) is 26.8 Å². The Kier molecular flexibility index (Phi) is 2.59. The van der Waals surface area contributed by atoms with Crippen LogP contribution in [-0.2, 0) is 0 Å². The summed E-state index contributed by atoms with van der Waals surface area (Å²) in [6, 6.07) is 6.19. The molecule has 1 unspecified atom stereocenters. The molecule has 0 aliphatic carbocycles. The van der Waals surface area contributed by atoms with Crippen molar-refractivity contribution in [1.29, 1.82) is 0 Å². The molecular weight excluding hydrogens is 238 g/mol. The minimum Gasteiger partial charge on any atom is -0.285 e. The number of rotatable bonds is 1. The molecule has 0 bridgehead atoms. The molecule has 1 aromatic carbocycles. The van der Waals surface area contributed by atoms with Gasteiger partial charge in [-0.1, -0.05) is 23.8 Å². The summed E-state index contributed by atoms with van der Waals surface area (Å²) >= 11 is 0. The van der Waals surface area contributed by atoms with E-state index in [0.29, 0.717) is 5.82 Å². The first kappa shape index (κ1) is 11.8. The van der Waals surface area contributed by atoms with Crippen molar-refractivity contribution >= 4 is 11.9 Å². The van der Waals surface area contributed by atoms with E-state index in [9.17, 15) is 4.79 Å². The maximum atomic E-state index is 12.3. The Labute approximate surface area is 111 Å². The zero-order valence-corrected chi connectivity index (χ0v) is 11.2. The van der Waals surface area contributed by atoms with Crippen LogP contribution in [0.3, 0.4) is 0 Å². The quantitative estimate of drug-likeness (QED) is 0.734. The number of carbonyl (C=O) groups is 1. The van der Waals surface area contributed by atoms with Crippen LogP contribution < -0.4 is 0 Å². The van der Waals surface area contributed by atoms with Crippen LogP contribution in [0.2, 0.25) is 0 Å². The summed E-state index contributed by atoms with van der Waals surface area (Å²) in [5.74, 6) is 0.412. The summed E-state index contributed by atoms with van der Waals surface area (Å²) in [5.41, 5.74) is 4.19. The van der Waals surface area contributed by atoms with Crippen LogP contribution in [0.1, 0.15) is 40.3 Å². The van der Waals surface area contributed by atoms with Crippen LogP contribution in [0.5, 0.6) is 0 Å². The summed E-state index contributed by atoms with van der Waals surface area (Å²) < 4.78 is 1.68. The number of hydrogen-bond acceptors (Lipinski definition) is 3. The van der Waals surface area contributed by atoms with Gasteiger partial charge in [0.15, 0.2) is 5.82 Å². The predicted molar refractivity (Wildman–Crippen MR) is 73.0 cm³/mol. The Morgan fingerprint density at radius 1 is 1.32 bits per heavy atom. The van der Waals surface area contributed by atoms with E-state index >= 15 is 0 Å². The van der Waals surface area contributed by atoms with E-state index in [2.05, 4.69) is 28.3 Å². The summed E-state index contributed by atoms with van der Waals surface area (Å²) in [5, 5.41) is 4.10. The molecule has 0 saturated heterocycles. The minimum absolute atomic E-state index is 0.0223. The molecule has 0 spiro atoms. The highest BCUT2D eigenvalue weighted by molar-refractivity contribution is 6.12. The molecule has 4 heteroatoms. The second kappa shape index (κ2) is 4.16. The molecule has 1 aliphatic rings. The number of ketones is 1. The molecule has 1 aliphatic heterocycles. The van der Waals surface area contributed by atoms with Gasteiger partial charge in [0.25, 0.3) is 0 Å². The smallest absolute Gasteiger partial charge is 0.228 e. The third-order valence-electron chi connectivity index (χ3n) is 3.60. The first-order valence-electron chi connectivity index (χ1n) is 6.31. The summed E-state index contributed by atoms with van der Waals surface area (Å²) in [4.78, 5) is 16.3. The molecule has 19 heavy (non-hydrogen) atoms. The van der Waals surface area contributed by atoms with Gasteiger partial charge >= 0.3 is 0 Å². The van der Waals surface area contributed by atoms with E-state index in [-0.39, 0.29) is 11.8 Å². The Balaban J connectivity index is 2.08. The van der Waals surface area contributed by atoms with Gasteiger partial charge in [-0.25, -0.2) is 9.67 Å². The Morgan fingerprint density at radius 2 is 2.11 bits per heavy atom. The van der Waals surface area contributed by atoms with Gasteiger partial charge in [0.1, 0.15) is 6.33 Å². The van der Waals surface area contributed by atoms with Crippen molar-refractivity contribution in [2.24, 2.45) is 0 Å². The zero-order valence-electron chi connectivity index (χ0n) is 11.2. The van der Waals surface area contributed by atoms with Crippen molar-refractivity contribution in [2.75, 3.05) is 0 Å². The molecule has 4 nitrogen and oxygen atoms in total. The van der Waals surface area contributed by atoms with E-state index in [4.69, 9.17) is 0 Å². The van der Waals surface area contributed by atoms with Crippen molar-refractivity contribution in [3.8, 4) is 0 Å². The normalized spacial score (nSPS) is 20.1. The van der Waals surface area contributed by atoms with E-state index in [1.54, 1.807) is 4.68 Å². The van der Waals surface area contributed by atoms with Gasteiger partial charge in [0.2, 0.25) is 5.78 Å². The van der Waals surface area contributed by atoms with E-state index < -0.39 is 0 Å². The van der Waals surface area contributed by atoms with Gasteiger partial charge in [-0.05, 0) is 38.0 Å². The van der Waals surface area contributed by atoms with Gasteiger partial charge in [0.05, 0.1) is 6.04 Å². The molecule has 0 amide bonds. The largest absolute Gasteiger partial charge is 0.285 e. The first-order chi connectivity index (χ1) is 9.08. The minimum atomic E-state index is -0.0510. The Hall–Kier alpha value is -2.23. The SMILES string of the molecule is Cc1ccc(C)c(/C=C2\C(=O)c3ncnn3C2C)c1. The highest BCUT2D eigenvalue weighted by atomic mass is 16.1. The molecule has 0 N–H and O–H groups in total. The van der Waals surface area contributed by atoms with Gasteiger partial charge in [0, 0.05) is 5.57 Å². The zero-order chi connectivity index (χ0) is 13.6. The molecular formula is C15H15N3O. The topological polar surface area (TPSA) is 47.8 Å². The molecule has 0 radical (unpaired) electrons. The van der Waals surface area contributed by atoms with Crippen LogP contribution in [0.15, 0.2) is 30.1 Å². The molecule has 1 atom stereocenters. The van der Waals surface area contributed by atoms with Crippen molar-refractivity contribution in [3.05, 3.63) is 52.6 Å². The lowest BCUT2D eigenvalue weighted by Crippen LogP contribution is -2.02. The van der Waals surface area contributed by atoms with Gasteiger partial charge in [-0.3, -0.25) is 4.79 Å². The van der Waals surface area contributed by atoms with Crippen molar-refractivity contribution in [2.45, 2.75) is 26.8 Å². The van der Waals surface area contributed by atoms with Crippen LogP contribution in [0, 0.1) is 13.8 Å². The lowest BCUT2D eigenvalue weighted by Gasteiger charge is -2.07. The van der Waals surface area contributed by atoms with Crippen LogP contribution in [0.25, 0.3) is 6.08 Å². The maximum Gasteiger partial charge on any atom is 0.228 e. The second-order valence-electron chi connectivity index (χ2n) is 4.99. The fourth-order valence-corrected chi connectivity index (χ4v) is 2.42. The number of aryl methyl sites for hydroxylation is 2. The molecule has 0 fully saturated rings. The number of fused-ring (bicyclic) bond motifs is 1. The lowest BCUT2D eigenvalue weighted by atomic mass is 9.99. The number of Topliss-reactive ketones (excluding diaryl/α,β-unsaturated/α-hetero) is 1. The summed E-state index contributed by atoms with van der Waals surface area (Å²) in [6.07, 6.45) is 3.39. The fraction of sp³-hybridized carbons (Fsp3) is 0.267. The number of carbonyl (C=O) groups excluding carboxylic acids is 1. The maximum absolute atomic E-state index is 12.3. The third-order valence-corrected chi connectivity index (χ3v) is 3.60. The average molecular weight is 253 g/mol. The summed E-state index contributed by atoms with van der Waals surface area (Å²) in [6.45, 7) is 6.07. The predicted octanol–water partition coefficient (Wildman–Crippen LogP) is 2.74.